The summed E-state index contributed by atoms with van der Waals surface area (Å²) in [6, 6.07) is 13.1. The maximum atomic E-state index is 12.6. The van der Waals surface area contributed by atoms with Crippen molar-refractivity contribution < 1.29 is 13.2 Å². The molecule has 0 bridgehead atoms. The quantitative estimate of drug-likeness (QED) is 0.772. The molecule has 1 aliphatic heterocycles. The van der Waals surface area contributed by atoms with E-state index in [4.69, 9.17) is 0 Å². The maximum absolute atomic E-state index is 12.6. The molecule has 134 valence electrons. The van der Waals surface area contributed by atoms with Crippen LogP contribution in [0.5, 0.6) is 0 Å². The predicted octanol–water partition coefficient (Wildman–Crippen LogP) is 3.23. The SMILES string of the molecule is O=C(NCc1ccccc1)C1CCN(S(=O)(=O)c2ccc(Br)s2)CC1. The lowest BCUT2D eigenvalue weighted by Crippen LogP contribution is -2.42. The van der Waals surface area contributed by atoms with Gasteiger partial charge < -0.3 is 5.32 Å². The van der Waals surface area contributed by atoms with E-state index in [2.05, 4.69) is 21.2 Å². The molecule has 1 aromatic carbocycles. The molecule has 1 N–H and O–H groups in total. The second-order valence-corrected chi connectivity index (χ2v) is 10.6. The van der Waals surface area contributed by atoms with Gasteiger partial charge in [0.1, 0.15) is 4.21 Å². The highest BCUT2D eigenvalue weighted by molar-refractivity contribution is 9.11. The number of thiophene rings is 1. The molecule has 1 saturated heterocycles. The van der Waals surface area contributed by atoms with E-state index in [1.165, 1.54) is 15.6 Å². The third-order valence-electron chi connectivity index (χ3n) is 4.28. The van der Waals surface area contributed by atoms with Crippen molar-refractivity contribution in [2.45, 2.75) is 23.6 Å². The van der Waals surface area contributed by atoms with Gasteiger partial charge in [0.2, 0.25) is 5.91 Å². The molecular weight excluding hydrogens is 424 g/mol. The van der Waals surface area contributed by atoms with Gasteiger partial charge in [-0.25, -0.2) is 8.42 Å². The summed E-state index contributed by atoms with van der Waals surface area (Å²) in [7, 11) is -3.46. The van der Waals surface area contributed by atoms with E-state index in [9.17, 15) is 13.2 Å². The number of carbonyl (C=O) groups excluding carboxylic acids is 1. The fourth-order valence-corrected chi connectivity index (χ4v) is 6.49. The number of hydrogen-bond acceptors (Lipinski definition) is 4. The Hall–Kier alpha value is -1.22. The van der Waals surface area contributed by atoms with E-state index >= 15 is 0 Å². The summed E-state index contributed by atoms with van der Waals surface area (Å²) < 4.78 is 27.8. The molecule has 1 fully saturated rings. The zero-order valence-electron chi connectivity index (χ0n) is 13.5. The summed E-state index contributed by atoms with van der Waals surface area (Å²) in [4.78, 5) is 12.3. The Balaban J connectivity index is 1.54. The van der Waals surface area contributed by atoms with Gasteiger partial charge in [-0.1, -0.05) is 30.3 Å². The van der Waals surface area contributed by atoms with E-state index < -0.39 is 10.0 Å². The van der Waals surface area contributed by atoms with E-state index in [1.54, 1.807) is 12.1 Å². The lowest BCUT2D eigenvalue weighted by atomic mass is 9.97. The highest BCUT2D eigenvalue weighted by Crippen LogP contribution is 2.30. The summed E-state index contributed by atoms with van der Waals surface area (Å²) in [5.74, 6) is -0.134. The summed E-state index contributed by atoms with van der Waals surface area (Å²) in [5.41, 5.74) is 1.05. The lowest BCUT2D eigenvalue weighted by Gasteiger charge is -2.30. The van der Waals surface area contributed by atoms with Crippen molar-refractivity contribution in [3.05, 3.63) is 51.8 Å². The van der Waals surface area contributed by atoms with Crippen LogP contribution in [0, 0.1) is 5.92 Å². The van der Waals surface area contributed by atoms with E-state index in [-0.39, 0.29) is 11.8 Å². The van der Waals surface area contributed by atoms with Crippen LogP contribution in [-0.4, -0.2) is 31.7 Å². The molecule has 0 saturated carbocycles. The maximum Gasteiger partial charge on any atom is 0.252 e. The highest BCUT2D eigenvalue weighted by Gasteiger charge is 2.32. The van der Waals surface area contributed by atoms with Crippen LogP contribution in [0.25, 0.3) is 0 Å². The van der Waals surface area contributed by atoms with Gasteiger partial charge in [-0.3, -0.25) is 4.79 Å². The molecule has 0 spiro atoms. The van der Waals surface area contributed by atoms with Crippen molar-refractivity contribution in [1.82, 2.24) is 9.62 Å². The number of amides is 1. The average molecular weight is 443 g/mol. The molecule has 0 atom stereocenters. The molecule has 1 aliphatic rings. The number of nitrogens with one attached hydrogen (secondary N) is 1. The van der Waals surface area contributed by atoms with Crippen molar-refractivity contribution in [3.63, 3.8) is 0 Å². The number of rotatable bonds is 5. The Labute approximate surface area is 160 Å². The first-order chi connectivity index (χ1) is 12.0. The largest absolute Gasteiger partial charge is 0.352 e. The van der Waals surface area contributed by atoms with Crippen LogP contribution in [-0.2, 0) is 21.4 Å². The van der Waals surface area contributed by atoms with Crippen molar-refractivity contribution >= 4 is 43.2 Å². The van der Waals surface area contributed by atoms with Crippen LogP contribution < -0.4 is 5.32 Å². The molecule has 25 heavy (non-hydrogen) atoms. The van der Waals surface area contributed by atoms with Crippen LogP contribution in [0.3, 0.4) is 0 Å². The Morgan fingerprint density at radius 1 is 1.16 bits per heavy atom. The fraction of sp³-hybridized carbons (Fsp3) is 0.353. The third kappa shape index (κ3) is 4.49. The first-order valence-corrected chi connectivity index (χ1v) is 11.1. The number of sulfonamides is 1. The minimum Gasteiger partial charge on any atom is -0.352 e. The fourth-order valence-electron chi connectivity index (χ4n) is 2.85. The molecular formula is C17H19BrN2O3S2. The first kappa shape index (κ1) is 18.6. The van der Waals surface area contributed by atoms with Gasteiger partial charge in [-0.15, -0.1) is 11.3 Å². The second kappa shape index (κ2) is 7.99. The molecule has 0 radical (unpaired) electrons. The topological polar surface area (TPSA) is 66.5 Å². The molecule has 0 aliphatic carbocycles. The Bertz CT molecular complexity index is 829. The number of piperidine rings is 1. The molecule has 3 rings (SSSR count). The van der Waals surface area contributed by atoms with Crippen LogP contribution in [0.4, 0.5) is 0 Å². The third-order valence-corrected chi connectivity index (χ3v) is 8.27. The van der Waals surface area contributed by atoms with Crippen LogP contribution in [0.2, 0.25) is 0 Å². The summed E-state index contributed by atoms with van der Waals surface area (Å²) in [6.45, 7) is 1.25. The molecule has 0 unspecified atom stereocenters. The normalized spacial score (nSPS) is 16.7. The number of benzene rings is 1. The van der Waals surface area contributed by atoms with Crippen LogP contribution >= 0.6 is 27.3 Å². The Morgan fingerprint density at radius 2 is 1.84 bits per heavy atom. The molecule has 5 nitrogen and oxygen atoms in total. The van der Waals surface area contributed by atoms with E-state index in [0.29, 0.717) is 36.7 Å². The number of hydrogen-bond donors (Lipinski definition) is 1. The van der Waals surface area contributed by atoms with E-state index in [1.807, 2.05) is 30.3 Å². The van der Waals surface area contributed by atoms with Crippen molar-refractivity contribution in [1.29, 1.82) is 0 Å². The van der Waals surface area contributed by atoms with E-state index in [0.717, 1.165) is 9.35 Å². The summed E-state index contributed by atoms with van der Waals surface area (Å²) in [5, 5.41) is 2.95. The Morgan fingerprint density at radius 3 is 2.44 bits per heavy atom. The molecule has 1 aromatic heterocycles. The molecule has 1 amide bonds. The first-order valence-electron chi connectivity index (χ1n) is 8.04. The monoisotopic (exact) mass is 442 g/mol. The van der Waals surface area contributed by atoms with Gasteiger partial charge in [0.15, 0.2) is 0 Å². The minimum absolute atomic E-state index is 0.000214. The Kier molecular flexibility index (Phi) is 5.93. The van der Waals surface area contributed by atoms with Gasteiger partial charge in [-0.2, -0.15) is 4.31 Å². The van der Waals surface area contributed by atoms with Gasteiger partial charge in [0, 0.05) is 25.6 Å². The van der Waals surface area contributed by atoms with Crippen molar-refractivity contribution in [2.75, 3.05) is 13.1 Å². The van der Waals surface area contributed by atoms with Crippen LogP contribution in [0.1, 0.15) is 18.4 Å². The van der Waals surface area contributed by atoms with Gasteiger partial charge in [-0.05, 0) is 46.5 Å². The predicted molar refractivity (Wildman–Crippen MR) is 102 cm³/mol. The average Bonchev–Trinajstić information content (AvgIpc) is 3.08. The van der Waals surface area contributed by atoms with Crippen LogP contribution in [0.15, 0.2) is 50.5 Å². The van der Waals surface area contributed by atoms with Crippen molar-refractivity contribution in [2.24, 2.45) is 5.92 Å². The highest BCUT2D eigenvalue weighted by atomic mass is 79.9. The second-order valence-electron chi connectivity index (χ2n) is 5.94. The molecule has 8 heteroatoms. The van der Waals surface area contributed by atoms with Gasteiger partial charge in [0.25, 0.3) is 10.0 Å². The van der Waals surface area contributed by atoms with Gasteiger partial charge >= 0.3 is 0 Å². The number of carbonyl (C=O) groups is 1. The smallest absolute Gasteiger partial charge is 0.252 e. The summed E-state index contributed by atoms with van der Waals surface area (Å²) in [6.07, 6.45) is 1.10. The lowest BCUT2D eigenvalue weighted by molar-refractivity contribution is -0.126. The molecule has 2 aromatic rings. The molecule has 2 heterocycles. The zero-order valence-corrected chi connectivity index (χ0v) is 16.7. The van der Waals surface area contributed by atoms with Crippen molar-refractivity contribution in [3.8, 4) is 0 Å². The minimum atomic E-state index is -3.46. The summed E-state index contributed by atoms with van der Waals surface area (Å²) >= 11 is 4.51. The standard InChI is InChI=1S/C17H19BrN2O3S2/c18-15-6-7-16(24-15)25(22,23)20-10-8-14(9-11-20)17(21)19-12-13-4-2-1-3-5-13/h1-7,14H,8-12H2,(H,19,21). The zero-order chi connectivity index (χ0) is 17.9. The number of nitrogens with zero attached hydrogens (tertiary/aromatic N) is 1. The van der Waals surface area contributed by atoms with Gasteiger partial charge in [0.05, 0.1) is 3.79 Å². The number of halogens is 1.